The van der Waals surface area contributed by atoms with Gasteiger partial charge in [-0.1, -0.05) is 6.92 Å². The van der Waals surface area contributed by atoms with E-state index in [1.807, 2.05) is 0 Å². The monoisotopic (exact) mass is 241 g/mol. The van der Waals surface area contributed by atoms with Crippen molar-refractivity contribution in [3.8, 4) is 5.88 Å². The van der Waals surface area contributed by atoms with Crippen molar-refractivity contribution in [2.75, 3.05) is 24.4 Å². The Morgan fingerprint density at radius 1 is 1.62 bits per heavy atom. The Bertz CT molecular complexity index is 361. The van der Waals surface area contributed by atoms with Crippen LogP contribution in [0, 0.1) is 5.92 Å². The van der Waals surface area contributed by atoms with E-state index in [9.17, 15) is 0 Å². The molecule has 2 heterocycles. The Labute approximate surface area is 101 Å². The second kappa shape index (κ2) is 4.87. The predicted octanol–water partition coefficient (Wildman–Crippen LogP) is 1.94. The molecule has 0 bridgehead atoms. The highest BCUT2D eigenvalue weighted by Gasteiger charge is 2.32. The average molecular weight is 242 g/mol. The fourth-order valence-corrected chi connectivity index (χ4v) is 2.55. The highest BCUT2D eigenvalue weighted by Crippen LogP contribution is 2.28. The minimum atomic E-state index is 0.328. The Balaban J connectivity index is 2.22. The van der Waals surface area contributed by atoms with Crippen LogP contribution in [-0.4, -0.2) is 35.5 Å². The number of hydrogen-bond acceptors (Lipinski definition) is 4. The second-order valence-corrected chi connectivity index (χ2v) is 4.39. The molecule has 2 atom stereocenters. The summed E-state index contributed by atoms with van der Waals surface area (Å²) in [5, 5.41) is 0. The van der Waals surface area contributed by atoms with Crippen LogP contribution < -0.4 is 9.64 Å². The summed E-state index contributed by atoms with van der Waals surface area (Å²) in [6, 6.07) is 2.08. The van der Waals surface area contributed by atoms with E-state index in [4.69, 9.17) is 16.3 Å². The van der Waals surface area contributed by atoms with Crippen LogP contribution in [0.4, 0.5) is 5.95 Å². The molecular formula is C11H16ClN3O. The topological polar surface area (TPSA) is 38.2 Å². The smallest absolute Gasteiger partial charge is 0.228 e. The molecule has 1 fully saturated rings. The van der Waals surface area contributed by atoms with Crippen LogP contribution in [0.3, 0.4) is 0 Å². The van der Waals surface area contributed by atoms with Crippen molar-refractivity contribution >= 4 is 17.5 Å². The van der Waals surface area contributed by atoms with E-state index in [1.54, 1.807) is 19.4 Å². The molecule has 0 aromatic carbocycles. The maximum atomic E-state index is 5.99. The van der Waals surface area contributed by atoms with Gasteiger partial charge in [0.05, 0.1) is 7.11 Å². The van der Waals surface area contributed by atoms with Crippen molar-refractivity contribution in [1.82, 2.24) is 9.97 Å². The van der Waals surface area contributed by atoms with Gasteiger partial charge in [0.2, 0.25) is 11.8 Å². The zero-order valence-corrected chi connectivity index (χ0v) is 10.3. The van der Waals surface area contributed by atoms with Crippen molar-refractivity contribution in [2.24, 2.45) is 5.92 Å². The zero-order chi connectivity index (χ0) is 11.5. The first-order valence-corrected chi connectivity index (χ1v) is 5.99. The molecule has 1 aromatic heterocycles. The fraction of sp³-hybridized carbons (Fsp3) is 0.636. The van der Waals surface area contributed by atoms with Crippen molar-refractivity contribution in [3.63, 3.8) is 0 Å². The SMILES string of the molecule is COc1ccnc(N2CCC(C)C2CCl)n1. The van der Waals surface area contributed by atoms with E-state index in [2.05, 4.69) is 21.8 Å². The largest absolute Gasteiger partial charge is 0.481 e. The van der Waals surface area contributed by atoms with Crippen molar-refractivity contribution in [1.29, 1.82) is 0 Å². The minimum Gasteiger partial charge on any atom is -0.481 e. The first-order chi connectivity index (χ1) is 7.76. The maximum Gasteiger partial charge on any atom is 0.228 e. The molecule has 4 nitrogen and oxygen atoms in total. The summed E-state index contributed by atoms with van der Waals surface area (Å²) in [5.74, 6) is 2.52. The zero-order valence-electron chi connectivity index (χ0n) is 9.56. The molecule has 88 valence electrons. The lowest BCUT2D eigenvalue weighted by Crippen LogP contribution is -2.34. The normalized spacial score (nSPS) is 24.8. The number of aromatic nitrogens is 2. The third-order valence-corrected chi connectivity index (χ3v) is 3.44. The summed E-state index contributed by atoms with van der Waals surface area (Å²) in [6.07, 6.45) is 2.85. The van der Waals surface area contributed by atoms with Gasteiger partial charge in [0, 0.05) is 30.7 Å². The van der Waals surface area contributed by atoms with Gasteiger partial charge in [-0.15, -0.1) is 11.6 Å². The first kappa shape index (κ1) is 11.5. The lowest BCUT2D eigenvalue weighted by molar-refractivity contribution is 0.396. The Morgan fingerprint density at radius 3 is 3.12 bits per heavy atom. The van der Waals surface area contributed by atoms with Crippen LogP contribution >= 0.6 is 11.6 Å². The first-order valence-electron chi connectivity index (χ1n) is 5.46. The minimum absolute atomic E-state index is 0.328. The molecule has 0 radical (unpaired) electrons. The summed E-state index contributed by atoms with van der Waals surface area (Å²) in [5.41, 5.74) is 0. The second-order valence-electron chi connectivity index (χ2n) is 4.08. The number of hydrogen-bond donors (Lipinski definition) is 0. The van der Waals surface area contributed by atoms with E-state index in [0.717, 1.165) is 13.0 Å². The molecule has 0 aliphatic carbocycles. The van der Waals surface area contributed by atoms with E-state index in [-0.39, 0.29) is 0 Å². The number of methoxy groups -OCH3 is 1. The molecule has 0 saturated carbocycles. The van der Waals surface area contributed by atoms with Gasteiger partial charge in [-0.2, -0.15) is 4.98 Å². The summed E-state index contributed by atoms with van der Waals surface area (Å²) in [4.78, 5) is 10.8. The standard InChI is InChI=1S/C11H16ClN3O/c1-8-4-6-15(9(8)7-12)11-13-5-3-10(14-11)16-2/h3,5,8-9H,4,6-7H2,1-2H3. The van der Waals surface area contributed by atoms with Crippen molar-refractivity contribution in [2.45, 2.75) is 19.4 Å². The van der Waals surface area contributed by atoms with E-state index < -0.39 is 0 Å². The van der Waals surface area contributed by atoms with E-state index in [0.29, 0.717) is 29.7 Å². The van der Waals surface area contributed by atoms with Crippen LogP contribution in [0.1, 0.15) is 13.3 Å². The third kappa shape index (κ3) is 2.07. The number of ether oxygens (including phenoxy) is 1. The number of nitrogens with zero attached hydrogens (tertiary/aromatic N) is 3. The third-order valence-electron chi connectivity index (χ3n) is 3.12. The molecule has 0 amide bonds. The molecule has 1 saturated heterocycles. The molecule has 1 aromatic rings. The van der Waals surface area contributed by atoms with Crippen LogP contribution in [0.5, 0.6) is 5.88 Å². The molecule has 16 heavy (non-hydrogen) atoms. The summed E-state index contributed by atoms with van der Waals surface area (Å²) in [6.45, 7) is 3.18. The van der Waals surface area contributed by atoms with Gasteiger partial charge in [0.25, 0.3) is 0 Å². The van der Waals surface area contributed by atoms with Gasteiger partial charge in [0.15, 0.2) is 0 Å². The molecule has 2 rings (SSSR count). The Hall–Kier alpha value is -1.03. The average Bonchev–Trinajstić information content (AvgIpc) is 2.70. The molecule has 0 spiro atoms. The van der Waals surface area contributed by atoms with E-state index >= 15 is 0 Å². The predicted molar refractivity (Wildman–Crippen MR) is 64.2 cm³/mol. The van der Waals surface area contributed by atoms with Gasteiger partial charge in [0.1, 0.15) is 0 Å². The van der Waals surface area contributed by atoms with Crippen LogP contribution in [-0.2, 0) is 0 Å². The fourth-order valence-electron chi connectivity index (χ4n) is 2.08. The van der Waals surface area contributed by atoms with Crippen LogP contribution in [0.25, 0.3) is 0 Å². The quantitative estimate of drug-likeness (QED) is 0.758. The van der Waals surface area contributed by atoms with Crippen molar-refractivity contribution in [3.05, 3.63) is 12.3 Å². The number of rotatable bonds is 3. The van der Waals surface area contributed by atoms with Gasteiger partial charge in [-0.25, -0.2) is 4.98 Å². The lowest BCUT2D eigenvalue weighted by atomic mass is 10.1. The number of anilines is 1. The lowest BCUT2D eigenvalue weighted by Gasteiger charge is -2.24. The molecule has 0 N–H and O–H groups in total. The Kier molecular flexibility index (Phi) is 3.49. The van der Waals surface area contributed by atoms with Gasteiger partial charge < -0.3 is 9.64 Å². The molecular weight excluding hydrogens is 226 g/mol. The highest BCUT2D eigenvalue weighted by molar-refractivity contribution is 6.18. The van der Waals surface area contributed by atoms with Crippen molar-refractivity contribution < 1.29 is 4.74 Å². The van der Waals surface area contributed by atoms with E-state index in [1.165, 1.54) is 0 Å². The summed E-state index contributed by atoms with van der Waals surface area (Å²) >= 11 is 5.99. The number of alkyl halides is 1. The number of halogens is 1. The summed E-state index contributed by atoms with van der Waals surface area (Å²) < 4.78 is 5.10. The molecule has 1 aliphatic heterocycles. The van der Waals surface area contributed by atoms with Crippen LogP contribution in [0.15, 0.2) is 12.3 Å². The molecule has 2 unspecified atom stereocenters. The van der Waals surface area contributed by atoms with Gasteiger partial charge in [-0.05, 0) is 12.3 Å². The van der Waals surface area contributed by atoms with Crippen LogP contribution in [0.2, 0.25) is 0 Å². The molecule has 1 aliphatic rings. The highest BCUT2D eigenvalue weighted by atomic mass is 35.5. The maximum absolute atomic E-state index is 5.99. The van der Waals surface area contributed by atoms with Gasteiger partial charge >= 0.3 is 0 Å². The van der Waals surface area contributed by atoms with Gasteiger partial charge in [-0.3, -0.25) is 0 Å². The summed E-state index contributed by atoms with van der Waals surface area (Å²) in [7, 11) is 1.61. The molecule has 5 heteroatoms. The Morgan fingerprint density at radius 2 is 2.44 bits per heavy atom.